The van der Waals surface area contributed by atoms with E-state index in [1.165, 1.54) is 0 Å². The average Bonchev–Trinajstić information content (AvgIpc) is 3.28. The van der Waals surface area contributed by atoms with E-state index in [4.69, 9.17) is 4.74 Å². The lowest BCUT2D eigenvalue weighted by Gasteiger charge is -2.28. The van der Waals surface area contributed by atoms with Crippen LogP contribution in [0.15, 0.2) is 47.4 Å². The second-order valence-corrected chi connectivity index (χ2v) is 8.37. The van der Waals surface area contributed by atoms with Gasteiger partial charge in [0.2, 0.25) is 0 Å². The summed E-state index contributed by atoms with van der Waals surface area (Å²) in [6.45, 7) is 5.37. The molecule has 1 atom stereocenters. The van der Waals surface area contributed by atoms with E-state index in [1.54, 1.807) is 9.47 Å². The fourth-order valence-electron chi connectivity index (χ4n) is 4.49. The Hall–Kier alpha value is -2.15. The zero-order chi connectivity index (χ0) is 20.9. The summed E-state index contributed by atoms with van der Waals surface area (Å²) in [4.78, 5) is 28.8. The SMILES string of the molecule is Cc1ccn(C2CCNCC2)c(=O)c1C(=O)N(Cc1ccccc1)CC1CCCO1.Cl. The molecule has 7 heteroatoms. The summed E-state index contributed by atoms with van der Waals surface area (Å²) in [6.07, 6.45) is 5.66. The summed E-state index contributed by atoms with van der Waals surface area (Å²) >= 11 is 0. The zero-order valence-corrected chi connectivity index (χ0v) is 18.9. The molecule has 2 aliphatic rings. The molecule has 6 nitrogen and oxygen atoms in total. The summed E-state index contributed by atoms with van der Waals surface area (Å²) in [7, 11) is 0. The highest BCUT2D eigenvalue weighted by Crippen LogP contribution is 2.20. The number of nitrogens with zero attached hydrogens (tertiary/aromatic N) is 2. The van der Waals surface area contributed by atoms with Gasteiger partial charge in [0, 0.05) is 31.9 Å². The Bertz CT molecular complexity index is 919. The van der Waals surface area contributed by atoms with Crippen molar-refractivity contribution in [3.8, 4) is 0 Å². The van der Waals surface area contributed by atoms with Crippen LogP contribution < -0.4 is 10.9 Å². The van der Waals surface area contributed by atoms with Gasteiger partial charge in [0.05, 0.1) is 6.10 Å². The molecule has 1 unspecified atom stereocenters. The number of carbonyl (C=O) groups excluding carboxylic acids is 1. The van der Waals surface area contributed by atoms with Gasteiger partial charge < -0.3 is 19.5 Å². The maximum atomic E-state index is 13.7. The van der Waals surface area contributed by atoms with Crippen LogP contribution in [0.5, 0.6) is 0 Å². The Labute approximate surface area is 190 Å². The first-order valence-corrected chi connectivity index (χ1v) is 11.0. The predicted molar refractivity (Wildman–Crippen MR) is 124 cm³/mol. The number of benzene rings is 1. The number of carbonyl (C=O) groups is 1. The molecule has 4 rings (SSSR count). The summed E-state index contributed by atoms with van der Waals surface area (Å²) in [6, 6.07) is 12.0. The van der Waals surface area contributed by atoms with Gasteiger partial charge >= 0.3 is 0 Å². The second-order valence-electron chi connectivity index (χ2n) is 8.37. The molecular formula is C24H32ClN3O3. The third kappa shape index (κ3) is 5.56. The molecular weight excluding hydrogens is 414 g/mol. The molecule has 0 radical (unpaired) electrons. The van der Waals surface area contributed by atoms with Crippen molar-refractivity contribution in [3.05, 3.63) is 69.6 Å². The van der Waals surface area contributed by atoms with Crippen LogP contribution in [0, 0.1) is 6.92 Å². The minimum absolute atomic E-state index is 0. The molecule has 0 aliphatic carbocycles. The number of hydrogen-bond acceptors (Lipinski definition) is 4. The molecule has 3 heterocycles. The summed E-state index contributed by atoms with van der Waals surface area (Å²) in [5.74, 6) is -0.194. The Kier molecular flexibility index (Phi) is 8.29. The van der Waals surface area contributed by atoms with Gasteiger partial charge in [-0.1, -0.05) is 30.3 Å². The molecule has 2 aliphatic heterocycles. The lowest BCUT2D eigenvalue weighted by molar-refractivity contribution is 0.0504. The van der Waals surface area contributed by atoms with Crippen molar-refractivity contribution >= 4 is 18.3 Å². The third-order valence-electron chi connectivity index (χ3n) is 6.20. The topological polar surface area (TPSA) is 63.6 Å². The first kappa shape index (κ1) is 23.5. The maximum absolute atomic E-state index is 13.7. The molecule has 31 heavy (non-hydrogen) atoms. The molecule has 2 aromatic rings. The van der Waals surface area contributed by atoms with Gasteiger partial charge in [0.25, 0.3) is 11.5 Å². The van der Waals surface area contributed by atoms with Crippen LogP contribution in [0.2, 0.25) is 0 Å². The Balaban J connectivity index is 0.00000272. The van der Waals surface area contributed by atoms with Crippen molar-refractivity contribution in [3.63, 3.8) is 0 Å². The van der Waals surface area contributed by atoms with Crippen LogP contribution in [-0.2, 0) is 11.3 Å². The highest BCUT2D eigenvalue weighted by Gasteiger charge is 2.28. The Morgan fingerprint density at radius 1 is 1.16 bits per heavy atom. The maximum Gasteiger partial charge on any atom is 0.263 e. The van der Waals surface area contributed by atoms with Gasteiger partial charge in [-0.05, 0) is 62.9 Å². The minimum Gasteiger partial charge on any atom is -0.376 e. The van der Waals surface area contributed by atoms with Crippen LogP contribution in [0.25, 0.3) is 0 Å². The molecule has 1 N–H and O–H groups in total. The lowest BCUT2D eigenvalue weighted by atomic mass is 10.0. The van der Waals surface area contributed by atoms with Crippen molar-refractivity contribution < 1.29 is 9.53 Å². The number of pyridine rings is 1. The highest BCUT2D eigenvalue weighted by molar-refractivity contribution is 5.95. The molecule has 168 valence electrons. The number of ether oxygens (including phenoxy) is 1. The van der Waals surface area contributed by atoms with Crippen LogP contribution in [0.4, 0.5) is 0 Å². The molecule has 0 saturated carbocycles. The number of piperidine rings is 1. The fourth-order valence-corrected chi connectivity index (χ4v) is 4.49. The lowest BCUT2D eigenvalue weighted by Crippen LogP contribution is -2.42. The van der Waals surface area contributed by atoms with Crippen LogP contribution in [0.3, 0.4) is 0 Å². The first-order valence-electron chi connectivity index (χ1n) is 11.0. The minimum atomic E-state index is -0.194. The average molecular weight is 446 g/mol. The number of amides is 1. The fraction of sp³-hybridized carbons (Fsp3) is 0.500. The van der Waals surface area contributed by atoms with E-state index in [0.717, 1.165) is 56.5 Å². The Morgan fingerprint density at radius 3 is 2.58 bits per heavy atom. The molecule has 0 spiro atoms. The molecule has 2 fully saturated rings. The van der Waals surface area contributed by atoms with E-state index < -0.39 is 0 Å². The summed E-state index contributed by atoms with van der Waals surface area (Å²) < 4.78 is 7.57. The number of hydrogen-bond donors (Lipinski definition) is 1. The third-order valence-corrected chi connectivity index (χ3v) is 6.20. The highest BCUT2D eigenvalue weighted by atomic mass is 35.5. The molecule has 1 aromatic carbocycles. The van der Waals surface area contributed by atoms with Gasteiger partial charge in [-0.2, -0.15) is 0 Å². The second kappa shape index (κ2) is 10.9. The number of rotatable bonds is 6. The quantitative estimate of drug-likeness (QED) is 0.740. The van der Waals surface area contributed by atoms with Gasteiger partial charge in [0.1, 0.15) is 5.56 Å². The van der Waals surface area contributed by atoms with Crippen molar-refractivity contribution in [2.24, 2.45) is 0 Å². The first-order chi connectivity index (χ1) is 14.6. The normalized spacial score (nSPS) is 19.1. The van der Waals surface area contributed by atoms with E-state index in [0.29, 0.717) is 18.7 Å². The smallest absolute Gasteiger partial charge is 0.263 e. The van der Waals surface area contributed by atoms with Crippen LogP contribution in [-0.4, -0.2) is 47.7 Å². The van der Waals surface area contributed by atoms with Gasteiger partial charge in [0.15, 0.2) is 0 Å². The van der Waals surface area contributed by atoms with E-state index in [-0.39, 0.29) is 36.0 Å². The molecule has 0 bridgehead atoms. The van der Waals surface area contributed by atoms with Gasteiger partial charge in [-0.15, -0.1) is 12.4 Å². The van der Waals surface area contributed by atoms with Crippen LogP contribution >= 0.6 is 12.4 Å². The molecule has 1 aromatic heterocycles. The zero-order valence-electron chi connectivity index (χ0n) is 18.1. The van der Waals surface area contributed by atoms with E-state index in [9.17, 15) is 9.59 Å². The summed E-state index contributed by atoms with van der Waals surface area (Å²) in [5, 5.41) is 3.33. The number of nitrogens with one attached hydrogen (secondary N) is 1. The van der Waals surface area contributed by atoms with Crippen molar-refractivity contribution in [2.75, 3.05) is 26.2 Å². The monoisotopic (exact) mass is 445 g/mol. The Morgan fingerprint density at radius 2 is 1.90 bits per heavy atom. The van der Waals surface area contributed by atoms with Crippen molar-refractivity contribution in [2.45, 2.75) is 51.3 Å². The largest absolute Gasteiger partial charge is 0.376 e. The number of aromatic nitrogens is 1. The predicted octanol–water partition coefficient (Wildman–Crippen LogP) is 3.32. The van der Waals surface area contributed by atoms with Crippen LogP contribution in [0.1, 0.15) is 53.2 Å². The van der Waals surface area contributed by atoms with Crippen molar-refractivity contribution in [1.82, 2.24) is 14.8 Å². The molecule has 2 saturated heterocycles. The van der Waals surface area contributed by atoms with E-state index >= 15 is 0 Å². The standard InChI is InChI=1S/C24H31N3O3.ClH/c1-18-11-14-27(20-9-12-25-13-10-20)24(29)22(18)23(28)26(17-21-8-5-15-30-21)16-19-6-3-2-4-7-19;/h2-4,6-7,11,14,20-21,25H,5,8-10,12-13,15-17H2,1H3;1H. The number of aryl methyl sites for hydroxylation is 1. The van der Waals surface area contributed by atoms with Gasteiger partial charge in [-0.3, -0.25) is 9.59 Å². The van der Waals surface area contributed by atoms with Gasteiger partial charge in [-0.25, -0.2) is 0 Å². The number of halogens is 1. The molecule has 1 amide bonds. The van der Waals surface area contributed by atoms with E-state index in [2.05, 4.69) is 5.32 Å². The van der Waals surface area contributed by atoms with E-state index in [1.807, 2.05) is 49.5 Å². The summed E-state index contributed by atoms with van der Waals surface area (Å²) in [5.41, 5.74) is 1.92. The van der Waals surface area contributed by atoms with Crippen molar-refractivity contribution in [1.29, 1.82) is 0 Å².